The van der Waals surface area contributed by atoms with Crippen molar-refractivity contribution in [2.45, 2.75) is 19.9 Å². The molecule has 1 amide bonds. The third-order valence-electron chi connectivity index (χ3n) is 3.66. The summed E-state index contributed by atoms with van der Waals surface area (Å²) in [6.45, 7) is 2.75. The maximum absolute atomic E-state index is 12.0. The number of halogens is 1. The SMILES string of the molecule is CC1CC1C(=O)Nc1ccnn1Cc1ccc(Br)cc1. The Labute approximate surface area is 126 Å². The topological polar surface area (TPSA) is 46.9 Å². The number of hydrogen-bond acceptors (Lipinski definition) is 2. The summed E-state index contributed by atoms with van der Waals surface area (Å²) in [5.74, 6) is 1.55. The Kier molecular flexibility index (Phi) is 3.61. The Bertz CT molecular complexity index is 620. The van der Waals surface area contributed by atoms with Crippen LogP contribution in [0.25, 0.3) is 0 Å². The first-order valence-corrected chi connectivity index (χ1v) is 7.50. The van der Waals surface area contributed by atoms with Gasteiger partial charge in [0.2, 0.25) is 5.91 Å². The molecule has 0 saturated heterocycles. The fourth-order valence-electron chi connectivity index (χ4n) is 2.23. The van der Waals surface area contributed by atoms with Crippen LogP contribution in [0.4, 0.5) is 5.82 Å². The molecule has 1 fully saturated rings. The molecule has 0 aliphatic heterocycles. The minimum absolute atomic E-state index is 0.107. The second kappa shape index (κ2) is 5.40. The fraction of sp³-hybridized carbons (Fsp3) is 0.333. The molecule has 1 aromatic carbocycles. The molecular weight excluding hydrogens is 318 g/mol. The van der Waals surface area contributed by atoms with Crippen LogP contribution >= 0.6 is 15.9 Å². The molecule has 0 spiro atoms. The Morgan fingerprint density at radius 3 is 2.75 bits per heavy atom. The zero-order valence-corrected chi connectivity index (χ0v) is 12.8. The van der Waals surface area contributed by atoms with Gasteiger partial charge in [0.15, 0.2) is 0 Å². The molecule has 1 aromatic heterocycles. The lowest BCUT2D eigenvalue weighted by atomic mass is 10.2. The van der Waals surface area contributed by atoms with Crippen molar-refractivity contribution in [1.82, 2.24) is 9.78 Å². The van der Waals surface area contributed by atoms with Crippen LogP contribution in [0.3, 0.4) is 0 Å². The van der Waals surface area contributed by atoms with Crippen LogP contribution in [-0.2, 0) is 11.3 Å². The molecule has 0 radical (unpaired) electrons. The number of aromatic nitrogens is 2. The highest BCUT2D eigenvalue weighted by Crippen LogP contribution is 2.38. The van der Waals surface area contributed by atoms with Crippen molar-refractivity contribution in [2.75, 3.05) is 5.32 Å². The summed E-state index contributed by atoms with van der Waals surface area (Å²) in [5, 5.41) is 7.24. The van der Waals surface area contributed by atoms with Gasteiger partial charge in [0.1, 0.15) is 5.82 Å². The van der Waals surface area contributed by atoms with Crippen molar-refractivity contribution in [3.05, 3.63) is 46.6 Å². The molecule has 2 atom stereocenters. The van der Waals surface area contributed by atoms with E-state index in [1.807, 2.05) is 35.0 Å². The van der Waals surface area contributed by atoms with Gasteiger partial charge >= 0.3 is 0 Å². The van der Waals surface area contributed by atoms with E-state index in [2.05, 4.69) is 33.3 Å². The number of carbonyl (C=O) groups excluding carboxylic acids is 1. The molecular formula is C15H16BrN3O. The Morgan fingerprint density at radius 2 is 2.10 bits per heavy atom. The summed E-state index contributed by atoms with van der Waals surface area (Å²) < 4.78 is 2.87. The Morgan fingerprint density at radius 1 is 1.40 bits per heavy atom. The molecule has 104 valence electrons. The van der Waals surface area contributed by atoms with Crippen LogP contribution in [0, 0.1) is 11.8 Å². The van der Waals surface area contributed by atoms with Gasteiger partial charge in [-0.3, -0.25) is 4.79 Å². The Balaban J connectivity index is 1.70. The van der Waals surface area contributed by atoms with E-state index in [0.29, 0.717) is 12.5 Å². The van der Waals surface area contributed by atoms with Crippen LogP contribution in [0.5, 0.6) is 0 Å². The molecule has 0 bridgehead atoms. The lowest BCUT2D eigenvalue weighted by Gasteiger charge is -2.09. The van der Waals surface area contributed by atoms with Gasteiger partial charge in [-0.2, -0.15) is 5.10 Å². The molecule has 3 rings (SSSR count). The van der Waals surface area contributed by atoms with Gasteiger partial charge in [-0.25, -0.2) is 4.68 Å². The summed E-state index contributed by atoms with van der Waals surface area (Å²) in [6, 6.07) is 9.93. The number of nitrogens with zero attached hydrogens (tertiary/aromatic N) is 2. The molecule has 1 saturated carbocycles. The van der Waals surface area contributed by atoms with Crippen LogP contribution in [0.1, 0.15) is 18.9 Å². The summed E-state index contributed by atoms with van der Waals surface area (Å²) in [5.41, 5.74) is 1.15. The average molecular weight is 334 g/mol. The molecule has 4 nitrogen and oxygen atoms in total. The van der Waals surface area contributed by atoms with E-state index in [4.69, 9.17) is 0 Å². The second-order valence-corrected chi connectivity index (χ2v) is 6.22. The maximum atomic E-state index is 12.0. The summed E-state index contributed by atoms with van der Waals surface area (Å²) >= 11 is 3.42. The number of anilines is 1. The van der Waals surface area contributed by atoms with Crippen LogP contribution in [0.2, 0.25) is 0 Å². The number of nitrogens with one attached hydrogen (secondary N) is 1. The number of rotatable bonds is 4. The monoisotopic (exact) mass is 333 g/mol. The highest BCUT2D eigenvalue weighted by Gasteiger charge is 2.39. The van der Waals surface area contributed by atoms with E-state index in [9.17, 15) is 4.79 Å². The standard InChI is InChI=1S/C15H16BrN3O/c1-10-8-13(10)15(20)18-14-6-7-17-19(14)9-11-2-4-12(16)5-3-11/h2-7,10,13H,8-9H2,1H3,(H,18,20). The number of amides is 1. The molecule has 1 aliphatic carbocycles. The molecule has 5 heteroatoms. The summed E-state index contributed by atoms with van der Waals surface area (Å²) in [7, 11) is 0. The zero-order valence-electron chi connectivity index (χ0n) is 11.2. The second-order valence-electron chi connectivity index (χ2n) is 5.31. The van der Waals surface area contributed by atoms with E-state index < -0.39 is 0 Å². The minimum Gasteiger partial charge on any atom is -0.311 e. The fourth-order valence-corrected chi connectivity index (χ4v) is 2.50. The van der Waals surface area contributed by atoms with E-state index in [1.54, 1.807) is 6.20 Å². The van der Waals surface area contributed by atoms with E-state index in [1.165, 1.54) is 0 Å². The van der Waals surface area contributed by atoms with Crippen molar-refractivity contribution < 1.29 is 4.79 Å². The Hall–Kier alpha value is -1.62. The van der Waals surface area contributed by atoms with Crippen LogP contribution in [0.15, 0.2) is 41.0 Å². The summed E-state index contributed by atoms with van der Waals surface area (Å²) in [4.78, 5) is 12.0. The maximum Gasteiger partial charge on any atom is 0.228 e. The minimum atomic E-state index is 0.107. The predicted molar refractivity (Wildman–Crippen MR) is 81.4 cm³/mol. The predicted octanol–water partition coefficient (Wildman–Crippen LogP) is 3.29. The van der Waals surface area contributed by atoms with Crippen molar-refractivity contribution in [3.8, 4) is 0 Å². The summed E-state index contributed by atoms with van der Waals surface area (Å²) in [6.07, 6.45) is 2.71. The van der Waals surface area contributed by atoms with Gasteiger partial charge < -0.3 is 5.32 Å². The molecule has 1 aliphatic rings. The van der Waals surface area contributed by atoms with E-state index in [0.717, 1.165) is 22.3 Å². The quantitative estimate of drug-likeness (QED) is 0.933. The first-order chi connectivity index (χ1) is 9.63. The molecule has 2 unspecified atom stereocenters. The van der Waals surface area contributed by atoms with Crippen molar-refractivity contribution in [1.29, 1.82) is 0 Å². The first-order valence-electron chi connectivity index (χ1n) is 6.70. The first kappa shape index (κ1) is 13.4. The zero-order chi connectivity index (χ0) is 14.1. The van der Waals surface area contributed by atoms with Crippen LogP contribution < -0.4 is 5.32 Å². The van der Waals surface area contributed by atoms with Gasteiger partial charge in [-0.05, 0) is 30.0 Å². The molecule has 2 aromatic rings. The van der Waals surface area contributed by atoms with E-state index in [-0.39, 0.29) is 11.8 Å². The smallest absolute Gasteiger partial charge is 0.228 e. The highest BCUT2D eigenvalue weighted by molar-refractivity contribution is 9.10. The normalized spacial score (nSPS) is 20.7. The van der Waals surface area contributed by atoms with Crippen molar-refractivity contribution >= 4 is 27.7 Å². The number of carbonyl (C=O) groups is 1. The molecule has 1 N–H and O–H groups in total. The third-order valence-corrected chi connectivity index (χ3v) is 4.19. The van der Waals surface area contributed by atoms with Gasteiger partial charge in [0.25, 0.3) is 0 Å². The number of hydrogen-bond donors (Lipinski definition) is 1. The van der Waals surface area contributed by atoms with E-state index >= 15 is 0 Å². The lowest BCUT2D eigenvalue weighted by Crippen LogP contribution is -2.18. The van der Waals surface area contributed by atoms with Gasteiger partial charge in [0.05, 0.1) is 12.7 Å². The highest BCUT2D eigenvalue weighted by atomic mass is 79.9. The number of benzene rings is 1. The van der Waals surface area contributed by atoms with Gasteiger partial charge in [0, 0.05) is 16.5 Å². The lowest BCUT2D eigenvalue weighted by molar-refractivity contribution is -0.117. The average Bonchev–Trinajstić information content (AvgIpc) is 3.01. The largest absolute Gasteiger partial charge is 0.311 e. The van der Waals surface area contributed by atoms with Gasteiger partial charge in [-0.15, -0.1) is 0 Å². The third kappa shape index (κ3) is 2.93. The van der Waals surface area contributed by atoms with Crippen molar-refractivity contribution in [3.63, 3.8) is 0 Å². The van der Waals surface area contributed by atoms with Gasteiger partial charge in [-0.1, -0.05) is 35.0 Å². The van der Waals surface area contributed by atoms with Crippen molar-refractivity contribution in [2.24, 2.45) is 11.8 Å². The van der Waals surface area contributed by atoms with Crippen LogP contribution in [-0.4, -0.2) is 15.7 Å². The molecule has 1 heterocycles. The molecule has 20 heavy (non-hydrogen) atoms.